The van der Waals surface area contributed by atoms with E-state index in [9.17, 15) is 0 Å². The normalized spacial score (nSPS) is 12.8. The zero-order valence-corrected chi connectivity index (χ0v) is 29.8. The first-order chi connectivity index (χ1) is 29.8. The van der Waals surface area contributed by atoms with Crippen LogP contribution in [0.2, 0.25) is 0 Å². The van der Waals surface area contributed by atoms with Gasteiger partial charge < -0.3 is 8.98 Å². The van der Waals surface area contributed by atoms with E-state index in [4.69, 9.17) is 26.2 Å². The molecule has 11 rings (SSSR count). The lowest BCUT2D eigenvalue weighted by molar-refractivity contribution is 0.669. The van der Waals surface area contributed by atoms with Crippen molar-refractivity contribution in [1.82, 2.24) is 19.5 Å². The van der Waals surface area contributed by atoms with Gasteiger partial charge in [0.15, 0.2) is 17.5 Å². The third kappa shape index (κ3) is 5.29. The van der Waals surface area contributed by atoms with E-state index in [1.165, 1.54) is 0 Å². The number of rotatable bonds is 6. The highest BCUT2D eigenvalue weighted by molar-refractivity contribution is 6.17. The molecule has 0 spiro atoms. The average molecular weight is 722 g/mol. The van der Waals surface area contributed by atoms with E-state index in [0.29, 0.717) is 22.3 Å². The minimum absolute atomic E-state index is 0.0502. The maximum Gasteiger partial charge on any atom is 0.167 e. The molecule has 0 aliphatic carbocycles. The Labute approximate surface area is 329 Å². The number of para-hydroxylation sites is 2. The predicted molar refractivity (Wildman–Crippen MR) is 229 cm³/mol. The molecule has 0 atom stereocenters. The van der Waals surface area contributed by atoms with Crippen LogP contribution in [0.4, 0.5) is 0 Å². The van der Waals surface area contributed by atoms with Crippen LogP contribution in [0.25, 0.3) is 106 Å². The fraction of sp³-hybridized carbons (Fsp3) is 0. The fourth-order valence-electron chi connectivity index (χ4n) is 7.83. The third-order valence-electron chi connectivity index (χ3n) is 10.3. The number of nitrogens with zero attached hydrogens (tertiary/aromatic N) is 4. The van der Waals surface area contributed by atoms with Gasteiger partial charge in [-0.1, -0.05) is 158 Å². The Morgan fingerprint density at radius 3 is 1.75 bits per heavy atom. The molecule has 0 saturated heterocycles. The predicted octanol–water partition coefficient (Wildman–Crippen LogP) is 13.2. The Kier molecular flexibility index (Phi) is 6.29. The van der Waals surface area contributed by atoms with E-state index in [2.05, 4.69) is 77.4 Å². The number of aromatic nitrogens is 4. The first-order valence-corrected chi connectivity index (χ1v) is 18.4. The minimum Gasteiger partial charge on any atom is -0.455 e. The van der Waals surface area contributed by atoms with Crippen LogP contribution in [0.3, 0.4) is 0 Å². The summed E-state index contributed by atoms with van der Waals surface area (Å²) < 4.78 is 52.1. The van der Waals surface area contributed by atoms with Crippen molar-refractivity contribution in [2.45, 2.75) is 0 Å². The lowest BCUT2D eigenvalue weighted by Crippen LogP contribution is -2.01. The zero-order valence-electron chi connectivity index (χ0n) is 34.8. The van der Waals surface area contributed by atoms with Crippen LogP contribution in [0, 0.1) is 0 Å². The Morgan fingerprint density at radius 2 is 1.02 bits per heavy atom. The number of hydrogen-bond acceptors (Lipinski definition) is 4. The van der Waals surface area contributed by atoms with Gasteiger partial charge in [0.25, 0.3) is 0 Å². The van der Waals surface area contributed by atoms with Crippen molar-refractivity contribution in [2.75, 3.05) is 0 Å². The number of benzene rings is 8. The summed E-state index contributed by atoms with van der Waals surface area (Å²) in [5.74, 6) is 0.443. The van der Waals surface area contributed by atoms with Crippen molar-refractivity contribution < 1.29 is 11.3 Å². The highest BCUT2D eigenvalue weighted by Gasteiger charge is 2.23. The van der Waals surface area contributed by atoms with Crippen molar-refractivity contribution in [1.29, 1.82) is 0 Å². The molecular weight excluding hydrogens is 685 g/mol. The van der Waals surface area contributed by atoms with Crippen LogP contribution in [0.1, 0.15) is 6.85 Å². The highest BCUT2D eigenvalue weighted by Crippen LogP contribution is 2.43. The Balaban J connectivity index is 1.26. The van der Waals surface area contributed by atoms with Crippen LogP contribution in [-0.4, -0.2) is 19.5 Å². The summed E-state index contributed by atoms with van der Waals surface area (Å²) in [5.41, 5.74) is 9.36. The van der Waals surface area contributed by atoms with Gasteiger partial charge in [-0.15, -0.1) is 0 Å². The molecule has 0 bridgehead atoms. The van der Waals surface area contributed by atoms with Gasteiger partial charge in [0.2, 0.25) is 0 Å². The second-order valence-corrected chi connectivity index (χ2v) is 13.6. The van der Waals surface area contributed by atoms with Gasteiger partial charge in [0.05, 0.1) is 23.5 Å². The van der Waals surface area contributed by atoms with Gasteiger partial charge in [-0.25, -0.2) is 15.0 Å². The van der Waals surface area contributed by atoms with Crippen molar-refractivity contribution in [3.63, 3.8) is 0 Å². The summed E-state index contributed by atoms with van der Waals surface area (Å²) in [5, 5.41) is 3.95. The molecule has 0 amide bonds. The maximum absolute atomic E-state index is 8.89. The maximum atomic E-state index is 8.89. The lowest BCUT2D eigenvalue weighted by atomic mass is 9.95. The van der Waals surface area contributed by atoms with E-state index in [1.807, 2.05) is 91.0 Å². The van der Waals surface area contributed by atoms with E-state index < -0.39 is 30.2 Å². The van der Waals surface area contributed by atoms with Crippen molar-refractivity contribution in [3.8, 4) is 62.1 Å². The van der Waals surface area contributed by atoms with E-state index in [0.717, 1.165) is 60.5 Å². The lowest BCUT2D eigenvalue weighted by Gasteiger charge is -2.13. The van der Waals surface area contributed by atoms with Crippen LogP contribution in [0.15, 0.2) is 198 Å². The standard InChI is InChI=1S/C51H32N4O/c1-4-16-33(17-5-1)36-22-14-23-37(30-36)39-26-15-29-46-47(39)42-31-38(55-44-27-12-10-24-40(44)41-25-11-13-28-45(41)55)32-43(48(42)56-46)51-53-49(34-18-6-2-7-19-34)52-50(54-51)35-20-8-3-9-21-35/h1-32H/i2D,6D,7D,18D,19D. The second-order valence-electron chi connectivity index (χ2n) is 13.6. The topological polar surface area (TPSA) is 56.7 Å². The molecule has 56 heavy (non-hydrogen) atoms. The summed E-state index contributed by atoms with van der Waals surface area (Å²) in [4.78, 5) is 14.8. The van der Waals surface area contributed by atoms with Gasteiger partial charge in [-0.3, -0.25) is 0 Å². The number of furan rings is 1. The molecule has 0 aliphatic heterocycles. The van der Waals surface area contributed by atoms with Crippen LogP contribution in [0.5, 0.6) is 0 Å². The highest BCUT2D eigenvalue weighted by atomic mass is 16.3. The SMILES string of the molecule is [2H]c1c([2H])c([2H])c(-c2nc(-c3ccccc3)nc(-c3cc(-n4c5ccccc5c5ccccc54)cc4c3oc3cccc(-c5cccc(-c6ccccc6)c5)c34)n2)c([2H])c1[2H]. The summed E-state index contributed by atoms with van der Waals surface area (Å²) in [6.07, 6.45) is 0. The molecular formula is C51H32N4O. The van der Waals surface area contributed by atoms with Gasteiger partial charge >= 0.3 is 0 Å². The first-order valence-electron chi connectivity index (χ1n) is 20.9. The molecule has 11 aromatic rings. The first kappa shape index (κ1) is 27.0. The van der Waals surface area contributed by atoms with Gasteiger partial charge in [0, 0.05) is 38.4 Å². The monoisotopic (exact) mass is 721 g/mol. The van der Waals surface area contributed by atoms with Gasteiger partial charge in [-0.05, 0) is 58.7 Å². The van der Waals surface area contributed by atoms with Gasteiger partial charge in [-0.2, -0.15) is 0 Å². The van der Waals surface area contributed by atoms with Crippen LogP contribution in [-0.2, 0) is 0 Å². The van der Waals surface area contributed by atoms with Gasteiger partial charge in [0.1, 0.15) is 11.2 Å². The Bertz CT molecular complexity index is 3470. The molecule has 3 aromatic heterocycles. The molecule has 0 unspecified atom stereocenters. The molecule has 5 heteroatoms. The summed E-state index contributed by atoms with van der Waals surface area (Å²) in [7, 11) is 0. The third-order valence-corrected chi connectivity index (χ3v) is 10.3. The van der Waals surface area contributed by atoms with Crippen molar-refractivity contribution >= 4 is 43.7 Å². The average Bonchev–Trinajstić information content (AvgIpc) is 3.86. The molecule has 3 heterocycles. The number of hydrogen-bond donors (Lipinski definition) is 0. The summed E-state index contributed by atoms with van der Waals surface area (Å²) >= 11 is 0. The molecule has 0 saturated carbocycles. The molecule has 0 aliphatic rings. The van der Waals surface area contributed by atoms with Crippen molar-refractivity contribution in [3.05, 3.63) is 194 Å². The Morgan fingerprint density at radius 1 is 0.429 bits per heavy atom. The molecule has 0 radical (unpaired) electrons. The van der Waals surface area contributed by atoms with Crippen molar-refractivity contribution in [2.24, 2.45) is 0 Å². The summed E-state index contributed by atoms with van der Waals surface area (Å²) in [6, 6.07) is 52.8. The quantitative estimate of drug-likeness (QED) is 0.172. The molecule has 262 valence electrons. The molecule has 0 N–H and O–H groups in total. The Hall–Kier alpha value is -7.63. The van der Waals surface area contributed by atoms with Crippen LogP contribution < -0.4 is 0 Å². The summed E-state index contributed by atoms with van der Waals surface area (Å²) in [6.45, 7) is 0. The van der Waals surface area contributed by atoms with Crippen LogP contribution >= 0.6 is 0 Å². The largest absolute Gasteiger partial charge is 0.455 e. The number of fused-ring (bicyclic) bond motifs is 6. The second kappa shape index (κ2) is 13.0. The molecule has 8 aromatic carbocycles. The zero-order chi connectivity index (χ0) is 41.4. The minimum atomic E-state index is -0.496. The smallest absolute Gasteiger partial charge is 0.167 e. The molecule has 0 fully saturated rings. The fourth-order valence-corrected chi connectivity index (χ4v) is 7.83. The van der Waals surface area contributed by atoms with E-state index >= 15 is 0 Å². The molecule has 5 nitrogen and oxygen atoms in total. The van der Waals surface area contributed by atoms with E-state index in [-0.39, 0.29) is 23.0 Å². The van der Waals surface area contributed by atoms with E-state index in [1.54, 1.807) is 0 Å².